The lowest BCUT2D eigenvalue weighted by atomic mass is 9.92. The van der Waals surface area contributed by atoms with E-state index in [1.165, 1.54) is 0 Å². The molecule has 2 fully saturated rings. The Balaban J connectivity index is 1.58. The van der Waals surface area contributed by atoms with E-state index in [1.807, 2.05) is 28.9 Å². The third-order valence-corrected chi connectivity index (χ3v) is 5.42. The van der Waals surface area contributed by atoms with Gasteiger partial charge in [-0.05, 0) is 32.3 Å². The fraction of sp³-hybridized carbons (Fsp3) is 0.579. The van der Waals surface area contributed by atoms with Crippen molar-refractivity contribution in [1.82, 2.24) is 20.4 Å². The predicted molar refractivity (Wildman–Crippen MR) is 96.8 cm³/mol. The fourth-order valence-corrected chi connectivity index (χ4v) is 3.97. The van der Waals surface area contributed by atoms with Crippen molar-refractivity contribution in [1.29, 1.82) is 0 Å². The van der Waals surface area contributed by atoms with Crippen LogP contribution in [0, 0.1) is 0 Å². The summed E-state index contributed by atoms with van der Waals surface area (Å²) in [5.74, 6) is -0.0656. The van der Waals surface area contributed by atoms with Crippen LogP contribution >= 0.6 is 0 Å². The van der Waals surface area contributed by atoms with Crippen LogP contribution in [0.3, 0.4) is 0 Å². The summed E-state index contributed by atoms with van der Waals surface area (Å²) in [6.45, 7) is 5.73. The van der Waals surface area contributed by atoms with Crippen LogP contribution in [0.2, 0.25) is 0 Å². The number of amides is 1. The Hall–Kier alpha value is -1.92. The number of para-hydroxylation sites is 1. The number of nitrogens with one attached hydrogen (secondary N) is 2. The molecule has 0 radical (unpaired) electrons. The molecule has 6 nitrogen and oxygen atoms in total. The van der Waals surface area contributed by atoms with Crippen LogP contribution in [-0.2, 0) is 4.74 Å². The van der Waals surface area contributed by atoms with Gasteiger partial charge in [0.05, 0.1) is 18.7 Å². The van der Waals surface area contributed by atoms with Crippen LogP contribution in [-0.4, -0.2) is 47.0 Å². The first kappa shape index (κ1) is 16.5. The summed E-state index contributed by atoms with van der Waals surface area (Å²) >= 11 is 0. The number of fused-ring (bicyclic) bond motifs is 3. The fourth-order valence-electron chi connectivity index (χ4n) is 3.97. The average molecular weight is 342 g/mol. The molecule has 2 saturated heterocycles. The minimum absolute atomic E-state index is 0.0656. The lowest BCUT2D eigenvalue weighted by molar-refractivity contribution is 0.0148. The average Bonchev–Trinajstić information content (AvgIpc) is 3.00. The van der Waals surface area contributed by atoms with Gasteiger partial charge in [0.25, 0.3) is 5.91 Å². The molecule has 2 aliphatic rings. The van der Waals surface area contributed by atoms with Crippen LogP contribution in [0.25, 0.3) is 10.9 Å². The maximum absolute atomic E-state index is 12.9. The van der Waals surface area contributed by atoms with Gasteiger partial charge in [-0.15, -0.1) is 0 Å². The zero-order valence-corrected chi connectivity index (χ0v) is 14.9. The van der Waals surface area contributed by atoms with Crippen LogP contribution in [0.15, 0.2) is 24.3 Å². The Labute approximate surface area is 147 Å². The Morgan fingerprint density at radius 3 is 2.80 bits per heavy atom. The van der Waals surface area contributed by atoms with Crippen molar-refractivity contribution in [2.75, 3.05) is 13.2 Å². The Morgan fingerprint density at radius 1 is 1.36 bits per heavy atom. The highest BCUT2D eigenvalue weighted by atomic mass is 16.5. The quantitative estimate of drug-likeness (QED) is 0.894. The number of rotatable bonds is 4. The summed E-state index contributed by atoms with van der Waals surface area (Å²) in [6.07, 6.45) is 2.79. The Kier molecular flexibility index (Phi) is 4.48. The molecule has 4 rings (SSSR count). The SMILES string of the molecule is CC[C@H](C)n1nc(C(=O)NC2C[C@H]3COC[C@@H](C2)N3)c2ccccc21. The molecule has 1 aromatic heterocycles. The standard InChI is InChI=1S/C19H26N4O2/c1-3-12(2)23-17-7-5-4-6-16(17)18(22-23)19(24)21-13-8-14-10-25-11-15(9-13)20-14/h4-7,12-15,20H,3,8-11H2,1-2H3,(H,21,24)/t12-,13?,14-,15+/m0/s1. The number of hydrogen-bond donors (Lipinski definition) is 2. The van der Waals surface area contributed by atoms with E-state index in [9.17, 15) is 4.79 Å². The molecular weight excluding hydrogens is 316 g/mol. The molecule has 4 atom stereocenters. The van der Waals surface area contributed by atoms with Crippen LogP contribution < -0.4 is 10.6 Å². The van der Waals surface area contributed by atoms with Gasteiger partial charge in [-0.1, -0.05) is 25.1 Å². The largest absolute Gasteiger partial charge is 0.378 e. The molecule has 1 unspecified atom stereocenters. The molecular formula is C19H26N4O2. The smallest absolute Gasteiger partial charge is 0.272 e. The van der Waals surface area contributed by atoms with Crippen molar-refractivity contribution >= 4 is 16.8 Å². The second-order valence-corrected chi connectivity index (χ2v) is 7.31. The van der Waals surface area contributed by atoms with Gasteiger partial charge in [-0.2, -0.15) is 5.10 Å². The van der Waals surface area contributed by atoms with Gasteiger partial charge in [-0.3, -0.25) is 9.48 Å². The van der Waals surface area contributed by atoms with Crippen molar-refractivity contribution in [3.63, 3.8) is 0 Å². The molecule has 0 saturated carbocycles. The molecule has 134 valence electrons. The van der Waals surface area contributed by atoms with Crippen LogP contribution in [0.4, 0.5) is 0 Å². The van der Waals surface area contributed by atoms with Crippen molar-refractivity contribution < 1.29 is 9.53 Å². The molecule has 6 heteroatoms. The van der Waals surface area contributed by atoms with Crippen LogP contribution in [0.1, 0.15) is 49.6 Å². The number of morpholine rings is 1. The number of piperidine rings is 1. The van der Waals surface area contributed by atoms with Crippen LogP contribution in [0.5, 0.6) is 0 Å². The summed E-state index contributed by atoms with van der Waals surface area (Å²) in [7, 11) is 0. The van der Waals surface area contributed by atoms with E-state index in [2.05, 4.69) is 29.6 Å². The van der Waals surface area contributed by atoms with Gasteiger partial charge >= 0.3 is 0 Å². The highest BCUT2D eigenvalue weighted by Gasteiger charge is 2.33. The van der Waals surface area contributed by atoms with Gasteiger partial charge in [-0.25, -0.2) is 0 Å². The molecule has 0 spiro atoms. The maximum Gasteiger partial charge on any atom is 0.272 e. The Morgan fingerprint density at radius 2 is 2.08 bits per heavy atom. The second kappa shape index (κ2) is 6.77. The number of benzene rings is 1. The number of hydrogen-bond acceptors (Lipinski definition) is 4. The van der Waals surface area contributed by atoms with Gasteiger partial charge in [0.2, 0.25) is 0 Å². The van der Waals surface area contributed by atoms with Crippen molar-refractivity contribution in [3.8, 4) is 0 Å². The normalized spacial score (nSPS) is 27.2. The van der Waals surface area contributed by atoms with E-state index in [0.29, 0.717) is 17.8 Å². The number of aromatic nitrogens is 2. The molecule has 1 aromatic carbocycles. The third kappa shape index (κ3) is 3.16. The molecule has 0 aliphatic carbocycles. The van der Waals surface area contributed by atoms with Crippen molar-refractivity contribution in [2.24, 2.45) is 0 Å². The molecule has 25 heavy (non-hydrogen) atoms. The van der Waals surface area contributed by atoms with Gasteiger partial charge in [0.15, 0.2) is 5.69 Å². The first-order valence-electron chi connectivity index (χ1n) is 9.27. The van der Waals surface area contributed by atoms with Gasteiger partial charge in [0.1, 0.15) is 0 Å². The lowest BCUT2D eigenvalue weighted by Crippen LogP contribution is -2.58. The molecule has 2 bridgehead atoms. The zero-order valence-electron chi connectivity index (χ0n) is 14.9. The lowest BCUT2D eigenvalue weighted by Gasteiger charge is -2.40. The van der Waals surface area contributed by atoms with E-state index in [0.717, 1.165) is 43.4 Å². The predicted octanol–water partition coefficient (Wildman–Crippen LogP) is 2.26. The van der Waals surface area contributed by atoms with Crippen molar-refractivity contribution in [2.45, 2.75) is 57.3 Å². The summed E-state index contributed by atoms with van der Waals surface area (Å²) in [5.41, 5.74) is 1.56. The van der Waals surface area contributed by atoms with E-state index < -0.39 is 0 Å². The zero-order chi connectivity index (χ0) is 17.4. The highest BCUT2D eigenvalue weighted by molar-refractivity contribution is 6.05. The molecule has 2 N–H and O–H groups in total. The van der Waals surface area contributed by atoms with Gasteiger partial charge in [0, 0.05) is 29.6 Å². The molecule has 2 aromatic rings. The summed E-state index contributed by atoms with van der Waals surface area (Å²) in [5, 5.41) is 12.4. The maximum atomic E-state index is 12.9. The van der Waals surface area contributed by atoms with Gasteiger partial charge < -0.3 is 15.4 Å². The number of ether oxygens (including phenoxy) is 1. The van der Waals surface area contributed by atoms with E-state index in [1.54, 1.807) is 0 Å². The minimum atomic E-state index is -0.0656. The van der Waals surface area contributed by atoms with E-state index in [4.69, 9.17) is 4.74 Å². The summed E-state index contributed by atoms with van der Waals surface area (Å²) < 4.78 is 7.56. The first-order chi connectivity index (χ1) is 12.2. The molecule has 1 amide bonds. The molecule has 2 aliphatic heterocycles. The summed E-state index contributed by atoms with van der Waals surface area (Å²) in [4.78, 5) is 12.9. The number of carbonyl (C=O) groups excluding carboxylic acids is 1. The molecule has 3 heterocycles. The topological polar surface area (TPSA) is 68.2 Å². The Bertz CT molecular complexity index is 760. The number of nitrogens with zero attached hydrogens (tertiary/aromatic N) is 2. The first-order valence-corrected chi connectivity index (χ1v) is 9.27. The second-order valence-electron chi connectivity index (χ2n) is 7.31. The highest BCUT2D eigenvalue weighted by Crippen LogP contribution is 2.24. The minimum Gasteiger partial charge on any atom is -0.378 e. The third-order valence-electron chi connectivity index (χ3n) is 5.42. The van der Waals surface area contributed by atoms with E-state index in [-0.39, 0.29) is 18.0 Å². The summed E-state index contributed by atoms with van der Waals surface area (Å²) in [6, 6.07) is 9.12. The van der Waals surface area contributed by atoms with E-state index >= 15 is 0 Å². The number of carbonyl (C=O) groups is 1. The monoisotopic (exact) mass is 342 g/mol. The van der Waals surface area contributed by atoms with Crippen molar-refractivity contribution in [3.05, 3.63) is 30.0 Å².